The van der Waals surface area contributed by atoms with Crippen LogP contribution < -0.4 is 9.47 Å². The highest BCUT2D eigenvalue weighted by molar-refractivity contribution is 6.27. The molecule has 8 heteroatoms. The van der Waals surface area contributed by atoms with Gasteiger partial charge >= 0.3 is 11.9 Å². The second-order valence-corrected chi connectivity index (χ2v) is 6.21. The van der Waals surface area contributed by atoms with E-state index in [2.05, 4.69) is 21.7 Å². The Hall–Kier alpha value is -3.81. The minimum absolute atomic E-state index is 0.579. The summed E-state index contributed by atoms with van der Waals surface area (Å²) < 4.78 is 13.6. The fourth-order valence-corrected chi connectivity index (χ4v) is 2.38. The van der Waals surface area contributed by atoms with Gasteiger partial charge in [-0.25, -0.2) is 14.6 Å². The molecule has 0 saturated heterocycles. The molecule has 3 rings (SSSR count). The van der Waals surface area contributed by atoms with Crippen molar-refractivity contribution in [2.75, 3.05) is 6.61 Å². The topological polar surface area (TPSA) is 111 Å². The van der Waals surface area contributed by atoms with Gasteiger partial charge in [0, 0.05) is 18.9 Å². The highest BCUT2D eigenvalue weighted by Crippen LogP contribution is 2.19. The average molecular weight is 412 g/mol. The lowest BCUT2D eigenvalue weighted by Crippen LogP contribution is -2.09. The number of carboxylic acid groups (broad SMARTS) is 2. The zero-order valence-electron chi connectivity index (χ0n) is 16.4. The van der Waals surface area contributed by atoms with E-state index < -0.39 is 11.9 Å². The van der Waals surface area contributed by atoms with E-state index >= 15 is 0 Å². The number of unbranched alkanes of at least 4 members (excludes halogenated alkanes) is 1. The molecule has 0 unspecified atom stereocenters. The third-order valence-electron chi connectivity index (χ3n) is 3.89. The van der Waals surface area contributed by atoms with Crippen LogP contribution in [0.5, 0.6) is 11.5 Å². The van der Waals surface area contributed by atoms with Gasteiger partial charge in [-0.05, 0) is 42.7 Å². The molecule has 1 heterocycles. The van der Waals surface area contributed by atoms with Crippen molar-refractivity contribution in [3.8, 4) is 11.5 Å². The molecule has 0 aliphatic heterocycles. The van der Waals surface area contributed by atoms with Crippen LogP contribution in [0.4, 0.5) is 0 Å². The van der Waals surface area contributed by atoms with Gasteiger partial charge in [-0.3, -0.25) is 0 Å². The van der Waals surface area contributed by atoms with E-state index in [1.54, 1.807) is 6.20 Å². The maximum atomic E-state index is 9.10. The number of hydrogen-bond acceptors (Lipinski definition) is 5. The molecule has 0 aliphatic rings. The van der Waals surface area contributed by atoms with E-state index in [-0.39, 0.29) is 0 Å². The van der Waals surface area contributed by atoms with Gasteiger partial charge in [-0.1, -0.05) is 30.3 Å². The lowest BCUT2D eigenvalue weighted by molar-refractivity contribution is -0.159. The molecule has 0 aliphatic carbocycles. The Balaban J connectivity index is 0.000000469. The number of aryl methyl sites for hydroxylation is 1. The maximum Gasteiger partial charge on any atom is 0.414 e. The summed E-state index contributed by atoms with van der Waals surface area (Å²) in [5.74, 6) is -1.92. The molecular formula is C22H24N2O6. The van der Waals surface area contributed by atoms with Gasteiger partial charge in [0.1, 0.15) is 18.1 Å². The average Bonchev–Trinajstić information content (AvgIpc) is 3.27. The molecule has 0 fully saturated rings. The van der Waals surface area contributed by atoms with Gasteiger partial charge in [-0.2, -0.15) is 0 Å². The molecule has 0 amide bonds. The molecule has 0 bridgehead atoms. The number of nitrogens with zero attached hydrogens (tertiary/aromatic N) is 2. The van der Waals surface area contributed by atoms with Crippen molar-refractivity contribution >= 4 is 11.9 Å². The van der Waals surface area contributed by atoms with Gasteiger partial charge in [0.15, 0.2) is 0 Å². The van der Waals surface area contributed by atoms with Gasteiger partial charge in [0.05, 0.1) is 12.9 Å². The first-order valence-electron chi connectivity index (χ1n) is 9.36. The Morgan fingerprint density at radius 3 is 2.07 bits per heavy atom. The zero-order chi connectivity index (χ0) is 21.6. The van der Waals surface area contributed by atoms with Crippen LogP contribution in [0.2, 0.25) is 0 Å². The Bertz CT molecular complexity index is 868. The number of imidazole rings is 1. The van der Waals surface area contributed by atoms with Crippen LogP contribution in [0.1, 0.15) is 18.4 Å². The van der Waals surface area contributed by atoms with Gasteiger partial charge < -0.3 is 24.3 Å². The van der Waals surface area contributed by atoms with Crippen molar-refractivity contribution in [3.63, 3.8) is 0 Å². The number of aromatic nitrogens is 2. The molecular weight excluding hydrogens is 388 g/mol. The Morgan fingerprint density at radius 2 is 1.50 bits per heavy atom. The van der Waals surface area contributed by atoms with Crippen LogP contribution in [-0.4, -0.2) is 38.3 Å². The number of carbonyl (C=O) groups is 2. The Morgan fingerprint density at radius 1 is 0.867 bits per heavy atom. The predicted octanol–water partition coefficient (Wildman–Crippen LogP) is 3.48. The second kappa shape index (κ2) is 12.6. The van der Waals surface area contributed by atoms with Crippen LogP contribution in [0.15, 0.2) is 73.3 Å². The van der Waals surface area contributed by atoms with E-state index in [0.717, 1.165) is 43.1 Å². The summed E-state index contributed by atoms with van der Waals surface area (Å²) in [6, 6.07) is 18.0. The van der Waals surface area contributed by atoms with E-state index in [0.29, 0.717) is 6.61 Å². The highest BCUT2D eigenvalue weighted by atomic mass is 16.5. The molecule has 2 N–H and O–H groups in total. The third kappa shape index (κ3) is 8.92. The van der Waals surface area contributed by atoms with Crippen LogP contribution in [0.25, 0.3) is 0 Å². The van der Waals surface area contributed by atoms with Crippen LogP contribution in [0.3, 0.4) is 0 Å². The van der Waals surface area contributed by atoms with Gasteiger partial charge in [-0.15, -0.1) is 0 Å². The molecule has 0 saturated carbocycles. The summed E-state index contributed by atoms with van der Waals surface area (Å²) in [7, 11) is 0. The molecule has 0 radical (unpaired) electrons. The van der Waals surface area contributed by atoms with Gasteiger partial charge in [0.2, 0.25) is 0 Å². The number of aliphatic carboxylic acids is 2. The third-order valence-corrected chi connectivity index (χ3v) is 3.89. The monoisotopic (exact) mass is 412 g/mol. The Labute approximate surface area is 174 Å². The fourth-order valence-electron chi connectivity index (χ4n) is 2.38. The smallest absolute Gasteiger partial charge is 0.414 e. The van der Waals surface area contributed by atoms with E-state index in [1.165, 1.54) is 0 Å². The minimum Gasteiger partial charge on any atom is -0.494 e. The molecule has 1 aromatic heterocycles. The number of hydrogen-bond donors (Lipinski definition) is 2. The number of benzene rings is 2. The first kappa shape index (κ1) is 22.5. The molecule has 3 aromatic rings. The van der Waals surface area contributed by atoms with Crippen molar-refractivity contribution in [3.05, 3.63) is 78.9 Å². The molecule has 158 valence electrons. The van der Waals surface area contributed by atoms with Crippen LogP contribution in [0, 0.1) is 0 Å². The SMILES string of the molecule is O=C(O)C(=O)O.c1ccc(COc2ccc(OCCCCn3ccnc3)cc2)cc1. The second-order valence-electron chi connectivity index (χ2n) is 6.21. The standard InChI is InChI=1S/C20H22N2O2.C2H2O4/c1-2-6-18(7-3-1)16-24-20-10-8-19(9-11-20)23-15-5-4-13-22-14-12-21-17-22;3-1(4)2(5)6/h1-3,6-12,14,17H,4-5,13,15-16H2;(H,3,4)(H,5,6). The predicted molar refractivity (Wildman–Crippen MR) is 109 cm³/mol. The van der Waals surface area contributed by atoms with E-state index in [9.17, 15) is 0 Å². The summed E-state index contributed by atoms with van der Waals surface area (Å²) in [5, 5.41) is 14.8. The maximum absolute atomic E-state index is 9.10. The Kier molecular flexibility index (Phi) is 9.45. The summed E-state index contributed by atoms with van der Waals surface area (Å²) >= 11 is 0. The summed E-state index contributed by atoms with van der Waals surface area (Å²) in [4.78, 5) is 22.2. The largest absolute Gasteiger partial charge is 0.494 e. The number of rotatable bonds is 9. The van der Waals surface area contributed by atoms with Crippen molar-refractivity contribution in [1.82, 2.24) is 9.55 Å². The van der Waals surface area contributed by atoms with E-state index in [4.69, 9.17) is 29.3 Å². The van der Waals surface area contributed by atoms with Crippen LogP contribution >= 0.6 is 0 Å². The highest BCUT2D eigenvalue weighted by Gasteiger charge is 2.04. The normalized spacial score (nSPS) is 9.87. The first-order chi connectivity index (χ1) is 14.5. The van der Waals surface area contributed by atoms with Crippen molar-refractivity contribution in [2.45, 2.75) is 26.0 Å². The summed E-state index contributed by atoms with van der Waals surface area (Å²) in [6.45, 7) is 2.28. The van der Waals surface area contributed by atoms with Crippen LogP contribution in [-0.2, 0) is 22.7 Å². The van der Waals surface area contributed by atoms with E-state index in [1.807, 2.05) is 55.0 Å². The lowest BCUT2D eigenvalue weighted by Gasteiger charge is -2.09. The molecule has 0 spiro atoms. The molecule has 30 heavy (non-hydrogen) atoms. The molecule has 2 aromatic carbocycles. The zero-order valence-corrected chi connectivity index (χ0v) is 16.4. The minimum atomic E-state index is -1.82. The molecule has 8 nitrogen and oxygen atoms in total. The molecule has 0 atom stereocenters. The number of carboxylic acids is 2. The summed E-state index contributed by atoms with van der Waals surface area (Å²) in [6.07, 6.45) is 7.72. The fraction of sp³-hybridized carbons (Fsp3) is 0.227. The quantitative estimate of drug-likeness (QED) is 0.409. The van der Waals surface area contributed by atoms with Gasteiger partial charge in [0.25, 0.3) is 0 Å². The first-order valence-corrected chi connectivity index (χ1v) is 9.36. The number of ether oxygens (including phenoxy) is 2. The summed E-state index contributed by atoms with van der Waals surface area (Å²) in [5.41, 5.74) is 1.16. The van der Waals surface area contributed by atoms with Crippen molar-refractivity contribution < 1.29 is 29.3 Å². The van der Waals surface area contributed by atoms with Crippen molar-refractivity contribution in [2.24, 2.45) is 0 Å². The van der Waals surface area contributed by atoms with Crippen molar-refractivity contribution in [1.29, 1.82) is 0 Å². The lowest BCUT2D eigenvalue weighted by atomic mass is 10.2.